The molecule has 1 aliphatic rings. The highest BCUT2D eigenvalue weighted by Crippen LogP contribution is 2.34. The molecule has 106 valence electrons. The summed E-state index contributed by atoms with van der Waals surface area (Å²) in [5.74, 6) is -0.669. The monoisotopic (exact) mass is 282 g/mol. The fraction of sp³-hybridized carbons (Fsp3) is 0.125. The summed E-state index contributed by atoms with van der Waals surface area (Å²) in [5, 5.41) is 9.55. The number of rotatable bonds is 2. The second-order valence-electron chi connectivity index (χ2n) is 5.02. The van der Waals surface area contributed by atoms with Crippen LogP contribution in [0.5, 0.6) is 5.75 Å². The average Bonchev–Trinajstić information content (AvgIpc) is 2.71. The lowest BCUT2D eigenvalue weighted by atomic mass is 10.1. The molecule has 5 nitrogen and oxygen atoms in total. The third-order valence-electron chi connectivity index (χ3n) is 3.72. The van der Waals surface area contributed by atoms with E-state index in [0.29, 0.717) is 16.8 Å². The van der Waals surface area contributed by atoms with Crippen LogP contribution in [-0.4, -0.2) is 21.8 Å². The Balaban J connectivity index is 2.04. The smallest absolute Gasteiger partial charge is 0.264 e. The van der Waals surface area contributed by atoms with E-state index in [0.717, 1.165) is 0 Å². The zero-order valence-corrected chi connectivity index (χ0v) is 11.4. The lowest BCUT2D eigenvalue weighted by molar-refractivity contribution is 0.0595. The van der Waals surface area contributed by atoms with Crippen LogP contribution in [0.3, 0.4) is 0 Å². The summed E-state index contributed by atoms with van der Waals surface area (Å²) in [7, 11) is 0. The molecule has 21 heavy (non-hydrogen) atoms. The quantitative estimate of drug-likeness (QED) is 0.654. The second kappa shape index (κ2) is 4.63. The Morgan fingerprint density at radius 1 is 1.10 bits per heavy atom. The third-order valence-corrected chi connectivity index (χ3v) is 3.72. The van der Waals surface area contributed by atoms with Gasteiger partial charge in [-0.3, -0.25) is 14.5 Å². The van der Waals surface area contributed by atoms with Gasteiger partial charge in [-0.05, 0) is 36.8 Å². The molecule has 1 aliphatic heterocycles. The highest BCUT2D eigenvalue weighted by molar-refractivity contribution is 6.23. The Morgan fingerprint density at radius 3 is 2.48 bits per heavy atom. The topological polar surface area (TPSA) is 83.6 Å². The molecular weight excluding hydrogens is 268 g/mol. The van der Waals surface area contributed by atoms with Crippen molar-refractivity contribution >= 4 is 17.5 Å². The van der Waals surface area contributed by atoms with E-state index in [1.165, 1.54) is 17.0 Å². The zero-order chi connectivity index (χ0) is 15.1. The largest absolute Gasteiger partial charge is 0.508 e. The van der Waals surface area contributed by atoms with E-state index >= 15 is 0 Å². The van der Waals surface area contributed by atoms with E-state index in [1.807, 2.05) is 0 Å². The van der Waals surface area contributed by atoms with E-state index in [4.69, 9.17) is 5.73 Å². The molecule has 0 spiro atoms. The van der Waals surface area contributed by atoms with Gasteiger partial charge >= 0.3 is 0 Å². The molecule has 0 saturated carbocycles. The van der Waals surface area contributed by atoms with Crippen LogP contribution in [-0.2, 0) is 0 Å². The molecule has 2 amide bonds. The fourth-order valence-corrected chi connectivity index (χ4v) is 2.62. The van der Waals surface area contributed by atoms with Gasteiger partial charge in [0.15, 0.2) is 0 Å². The maximum Gasteiger partial charge on any atom is 0.264 e. The molecule has 1 unspecified atom stereocenters. The molecule has 3 rings (SSSR count). The Morgan fingerprint density at radius 2 is 1.81 bits per heavy atom. The van der Waals surface area contributed by atoms with Crippen molar-refractivity contribution in [3.63, 3.8) is 0 Å². The first-order valence-electron chi connectivity index (χ1n) is 6.56. The highest BCUT2D eigenvalue weighted by Gasteiger charge is 2.40. The lowest BCUT2D eigenvalue weighted by Crippen LogP contribution is -2.32. The van der Waals surface area contributed by atoms with Gasteiger partial charge in [-0.1, -0.05) is 18.2 Å². The van der Waals surface area contributed by atoms with Crippen molar-refractivity contribution in [1.29, 1.82) is 0 Å². The Hall–Kier alpha value is -2.82. The van der Waals surface area contributed by atoms with Crippen molar-refractivity contribution in [2.24, 2.45) is 0 Å². The van der Waals surface area contributed by atoms with Crippen LogP contribution in [0.2, 0.25) is 0 Å². The van der Waals surface area contributed by atoms with Crippen molar-refractivity contribution in [2.75, 3.05) is 5.73 Å². The molecule has 1 heterocycles. The normalized spacial score (nSPS) is 15.2. The van der Waals surface area contributed by atoms with Gasteiger partial charge in [0, 0.05) is 5.69 Å². The molecule has 0 aliphatic carbocycles. The second-order valence-corrected chi connectivity index (χ2v) is 5.02. The molecule has 5 heteroatoms. The number of hydrogen-bond donors (Lipinski definition) is 2. The number of nitrogen functional groups attached to an aromatic ring is 1. The number of benzene rings is 2. The van der Waals surface area contributed by atoms with E-state index in [1.54, 1.807) is 37.3 Å². The maximum atomic E-state index is 12.5. The number of carbonyl (C=O) groups excluding carboxylic acids is 2. The average molecular weight is 282 g/mol. The third kappa shape index (κ3) is 1.94. The standard InChI is InChI=1S/C16H14N2O3/c1-9(10-4-2-5-11(19)8-10)18-15(20)12-6-3-7-13(17)14(12)16(18)21/h2-9,19H,17H2,1H3. The van der Waals surface area contributed by atoms with Gasteiger partial charge in [-0.2, -0.15) is 0 Å². The van der Waals surface area contributed by atoms with Crippen molar-refractivity contribution in [3.8, 4) is 5.75 Å². The van der Waals surface area contributed by atoms with Crippen molar-refractivity contribution < 1.29 is 14.7 Å². The molecule has 2 aromatic carbocycles. The van der Waals surface area contributed by atoms with Crippen LogP contribution in [0.15, 0.2) is 42.5 Å². The van der Waals surface area contributed by atoms with Gasteiger partial charge in [0.05, 0.1) is 17.2 Å². The van der Waals surface area contributed by atoms with Crippen molar-refractivity contribution in [2.45, 2.75) is 13.0 Å². The first-order valence-corrected chi connectivity index (χ1v) is 6.56. The first kappa shape index (κ1) is 13.2. The van der Waals surface area contributed by atoms with Gasteiger partial charge in [0.25, 0.3) is 11.8 Å². The summed E-state index contributed by atoms with van der Waals surface area (Å²) in [6.07, 6.45) is 0. The molecule has 0 bridgehead atoms. The molecule has 0 radical (unpaired) electrons. The number of phenolic OH excluding ortho intramolecular Hbond substituents is 1. The number of fused-ring (bicyclic) bond motifs is 1. The summed E-state index contributed by atoms with van der Waals surface area (Å²) in [5.41, 5.74) is 7.38. The van der Waals surface area contributed by atoms with E-state index in [9.17, 15) is 14.7 Å². The number of imide groups is 1. The van der Waals surface area contributed by atoms with Crippen LogP contribution in [0.25, 0.3) is 0 Å². The van der Waals surface area contributed by atoms with Crippen LogP contribution in [0.1, 0.15) is 39.2 Å². The first-order chi connectivity index (χ1) is 10.0. The molecule has 0 aromatic heterocycles. The number of aromatic hydroxyl groups is 1. The zero-order valence-electron chi connectivity index (χ0n) is 11.4. The number of amides is 2. The summed E-state index contributed by atoms with van der Waals surface area (Å²) in [4.78, 5) is 26.1. The predicted octanol–water partition coefficient (Wildman–Crippen LogP) is 2.33. The summed E-state index contributed by atoms with van der Waals surface area (Å²) < 4.78 is 0. The van der Waals surface area contributed by atoms with Crippen molar-refractivity contribution in [1.82, 2.24) is 4.90 Å². The molecular formula is C16H14N2O3. The van der Waals surface area contributed by atoms with Crippen LogP contribution < -0.4 is 5.73 Å². The summed E-state index contributed by atoms with van der Waals surface area (Å²) >= 11 is 0. The summed E-state index contributed by atoms with van der Waals surface area (Å²) in [6, 6.07) is 10.9. The van der Waals surface area contributed by atoms with E-state index < -0.39 is 11.9 Å². The highest BCUT2D eigenvalue weighted by atomic mass is 16.3. The minimum Gasteiger partial charge on any atom is -0.508 e. The molecule has 0 fully saturated rings. The predicted molar refractivity (Wildman–Crippen MR) is 77.9 cm³/mol. The van der Waals surface area contributed by atoms with Gasteiger partial charge in [-0.25, -0.2) is 0 Å². The fourth-order valence-electron chi connectivity index (χ4n) is 2.62. The van der Waals surface area contributed by atoms with Gasteiger partial charge in [-0.15, -0.1) is 0 Å². The van der Waals surface area contributed by atoms with E-state index in [-0.39, 0.29) is 17.2 Å². The molecule has 3 N–H and O–H groups in total. The Bertz CT molecular complexity index is 755. The minimum absolute atomic E-state index is 0.0930. The summed E-state index contributed by atoms with van der Waals surface area (Å²) in [6.45, 7) is 1.74. The lowest BCUT2D eigenvalue weighted by Gasteiger charge is -2.23. The van der Waals surface area contributed by atoms with Gasteiger partial charge in [0.1, 0.15) is 5.75 Å². The SMILES string of the molecule is CC(c1cccc(O)c1)N1C(=O)c2cccc(N)c2C1=O. The minimum atomic E-state index is -0.483. The van der Waals surface area contributed by atoms with Crippen molar-refractivity contribution in [3.05, 3.63) is 59.2 Å². The number of anilines is 1. The van der Waals surface area contributed by atoms with Gasteiger partial charge < -0.3 is 10.8 Å². The number of nitrogens with zero attached hydrogens (tertiary/aromatic N) is 1. The Kier molecular flexibility index (Phi) is 2.90. The molecule has 2 aromatic rings. The molecule has 0 saturated heterocycles. The van der Waals surface area contributed by atoms with Crippen LogP contribution in [0, 0.1) is 0 Å². The van der Waals surface area contributed by atoms with Gasteiger partial charge in [0.2, 0.25) is 0 Å². The Labute approximate surface area is 121 Å². The van der Waals surface area contributed by atoms with Crippen LogP contribution in [0.4, 0.5) is 5.69 Å². The molecule has 1 atom stereocenters. The number of carbonyl (C=O) groups is 2. The number of phenols is 1. The number of hydrogen-bond acceptors (Lipinski definition) is 4. The maximum absolute atomic E-state index is 12.5. The van der Waals surface area contributed by atoms with Crippen LogP contribution >= 0.6 is 0 Å². The number of nitrogens with two attached hydrogens (primary N) is 1. The van der Waals surface area contributed by atoms with E-state index in [2.05, 4.69) is 0 Å².